The van der Waals surface area contributed by atoms with Gasteiger partial charge in [0.2, 0.25) is 17.7 Å². The molecule has 30 heavy (non-hydrogen) atoms. The van der Waals surface area contributed by atoms with Gasteiger partial charge in [0.25, 0.3) is 0 Å². The number of carbonyl (C=O) groups excluding carboxylic acids is 3. The molecule has 7 heteroatoms. The van der Waals surface area contributed by atoms with Crippen LogP contribution in [0.25, 0.3) is 0 Å². The maximum atomic E-state index is 12.5. The summed E-state index contributed by atoms with van der Waals surface area (Å²) in [7, 11) is 0. The van der Waals surface area contributed by atoms with Gasteiger partial charge >= 0.3 is 0 Å². The topological polar surface area (TPSA) is 87.7 Å². The number of likely N-dealkylation sites (tertiary alicyclic amines) is 1. The first-order valence-electron chi connectivity index (χ1n) is 10.2. The number of nitrogens with one attached hydrogen (secondary N) is 2. The maximum Gasteiger partial charge on any atom is 0.227 e. The number of anilines is 2. The van der Waals surface area contributed by atoms with Gasteiger partial charge in [-0.05, 0) is 49.2 Å². The predicted octanol–water partition coefficient (Wildman–Crippen LogP) is 3.29. The van der Waals surface area contributed by atoms with Crippen LogP contribution < -0.4 is 15.4 Å². The third-order valence-corrected chi connectivity index (χ3v) is 5.02. The second-order valence-electron chi connectivity index (χ2n) is 7.31. The van der Waals surface area contributed by atoms with Crippen LogP contribution in [-0.4, -0.2) is 42.3 Å². The van der Waals surface area contributed by atoms with Gasteiger partial charge in [-0.25, -0.2) is 0 Å². The Morgan fingerprint density at radius 3 is 2.13 bits per heavy atom. The molecule has 2 aromatic carbocycles. The molecule has 0 unspecified atom stereocenters. The largest absolute Gasteiger partial charge is 0.493 e. The Morgan fingerprint density at radius 1 is 0.933 bits per heavy atom. The SMILES string of the molecule is CC(=O)Nc1ccc(NC(=O)C2CCN(C(=O)CCOc3ccccc3)CC2)cc1. The molecule has 0 atom stereocenters. The first-order valence-corrected chi connectivity index (χ1v) is 10.2. The van der Waals surface area contributed by atoms with E-state index < -0.39 is 0 Å². The van der Waals surface area contributed by atoms with Crippen molar-refractivity contribution in [1.82, 2.24) is 4.90 Å². The molecule has 1 aliphatic heterocycles. The number of piperidine rings is 1. The Bertz CT molecular complexity index is 860. The van der Waals surface area contributed by atoms with Gasteiger partial charge in [0.15, 0.2) is 0 Å². The van der Waals surface area contributed by atoms with Gasteiger partial charge in [0.1, 0.15) is 5.75 Å². The summed E-state index contributed by atoms with van der Waals surface area (Å²) < 4.78 is 5.59. The second-order valence-corrected chi connectivity index (χ2v) is 7.31. The molecule has 2 aromatic rings. The fourth-order valence-corrected chi connectivity index (χ4v) is 3.41. The smallest absolute Gasteiger partial charge is 0.227 e. The molecule has 0 aliphatic carbocycles. The first-order chi connectivity index (χ1) is 14.5. The zero-order chi connectivity index (χ0) is 21.3. The minimum atomic E-state index is -0.139. The van der Waals surface area contributed by atoms with Crippen LogP contribution in [0.2, 0.25) is 0 Å². The summed E-state index contributed by atoms with van der Waals surface area (Å²) in [5.41, 5.74) is 1.37. The van der Waals surface area contributed by atoms with E-state index in [0.29, 0.717) is 50.3 Å². The number of para-hydroxylation sites is 1. The molecule has 1 saturated heterocycles. The Balaban J connectivity index is 1.39. The van der Waals surface area contributed by atoms with Crippen molar-refractivity contribution in [1.29, 1.82) is 0 Å². The summed E-state index contributed by atoms with van der Waals surface area (Å²) in [4.78, 5) is 37.8. The zero-order valence-electron chi connectivity index (χ0n) is 17.1. The van der Waals surface area contributed by atoms with E-state index in [-0.39, 0.29) is 23.6 Å². The minimum Gasteiger partial charge on any atom is -0.493 e. The van der Waals surface area contributed by atoms with Gasteiger partial charge < -0.3 is 20.3 Å². The van der Waals surface area contributed by atoms with E-state index in [1.807, 2.05) is 30.3 Å². The van der Waals surface area contributed by atoms with Gasteiger partial charge in [-0.1, -0.05) is 18.2 Å². The van der Waals surface area contributed by atoms with Crippen molar-refractivity contribution in [2.24, 2.45) is 5.92 Å². The highest BCUT2D eigenvalue weighted by atomic mass is 16.5. The van der Waals surface area contributed by atoms with Gasteiger partial charge in [0.05, 0.1) is 13.0 Å². The van der Waals surface area contributed by atoms with Crippen LogP contribution in [0.4, 0.5) is 11.4 Å². The Hall–Kier alpha value is -3.35. The minimum absolute atomic E-state index is 0.0400. The normalized spacial score (nSPS) is 14.1. The monoisotopic (exact) mass is 409 g/mol. The Morgan fingerprint density at radius 2 is 1.53 bits per heavy atom. The van der Waals surface area contributed by atoms with Crippen molar-refractivity contribution in [2.75, 3.05) is 30.3 Å². The predicted molar refractivity (Wildman–Crippen MR) is 115 cm³/mol. The van der Waals surface area contributed by atoms with Crippen molar-refractivity contribution in [3.05, 3.63) is 54.6 Å². The average Bonchev–Trinajstić information content (AvgIpc) is 2.75. The van der Waals surface area contributed by atoms with E-state index in [0.717, 1.165) is 5.75 Å². The average molecular weight is 409 g/mol. The van der Waals surface area contributed by atoms with E-state index in [9.17, 15) is 14.4 Å². The van der Waals surface area contributed by atoms with Crippen LogP contribution in [0.5, 0.6) is 5.75 Å². The summed E-state index contributed by atoms with van der Waals surface area (Å²) in [6.45, 7) is 2.94. The van der Waals surface area contributed by atoms with Crippen molar-refractivity contribution in [2.45, 2.75) is 26.2 Å². The summed E-state index contributed by atoms with van der Waals surface area (Å²) in [6, 6.07) is 16.4. The zero-order valence-corrected chi connectivity index (χ0v) is 17.1. The van der Waals surface area contributed by atoms with E-state index >= 15 is 0 Å². The molecule has 0 saturated carbocycles. The third kappa shape index (κ3) is 6.34. The lowest BCUT2D eigenvalue weighted by Crippen LogP contribution is -2.41. The number of nitrogens with zero attached hydrogens (tertiary/aromatic N) is 1. The lowest BCUT2D eigenvalue weighted by atomic mass is 9.95. The summed E-state index contributed by atoms with van der Waals surface area (Å²) in [5.74, 6) is 0.510. The van der Waals surface area contributed by atoms with Gasteiger partial charge in [0, 0.05) is 37.3 Å². The van der Waals surface area contributed by atoms with Crippen LogP contribution in [0.15, 0.2) is 54.6 Å². The molecule has 0 radical (unpaired) electrons. The number of hydrogen-bond acceptors (Lipinski definition) is 4. The van der Waals surface area contributed by atoms with Crippen LogP contribution in [0.3, 0.4) is 0 Å². The van der Waals surface area contributed by atoms with E-state index in [1.165, 1.54) is 6.92 Å². The van der Waals surface area contributed by atoms with Crippen LogP contribution in [-0.2, 0) is 14.4 Å². The lowest BCUT2D eigenvalue weighted by molar-refractivity contribution is -0.135. The van der Waals surface area contributed by atoms with Crippen molar-refractivity contribution in [3.63, 3.8) is 0 Å². The van der Waals surface area contributed by atoms with Crippen LogP contribution in [0, 0.1) is 5.92 Å². The number of hydrogen-bond donors (Lipinski definition) is 2. The molecule has 1 aliphatic rings. The number of carbonyl (C=O) groups is 3. The summed E-state index contributed by atoms with van der Waals surface area (Å²) in [5, 5.41) is 5.60. The summed E-state index contributed by atoms with van der Waals surface area (Å²) >= 11 is 0. The van der Waals surface area contributed by atoms with Gasteiger partial charge in [-0.2, -0.15) is 0 Å². The van der Waals surface area contributed by atoms with Crippen molar-refractivity contribution < 1.29 is 19.1 Å². The molecular weight excluding hydrogens is 382 g/mol. The van der Waals surface area contributed by atoms with E-state index in [1.54, 1.807) is 29.2 Å². The molecule has 158 valence electrons. The van der Waals surface area contributed by atoms with Gasteiger partial charge in [-0.15, -0.1) is 0 Å². The molecule has 3 rings (SSSR count). The van der Waals surface area contributed by atoms with Crippen LogP contribution in [0.1, 0.15) is 26.2 Å². The lowest BCUT2D eigenvalue weighted by Gasteiger charge is -2.31. The fraction of sp³-hybridized carbons (Fsp3) is 0.348. The number of benzene rings is 2. The van der Waals surface area contributed by atoms with Crippen molar-refractivity contribution >= 4 is 29.1 Å². The van der Waals surface area contributed by atoms with Crippen molar-refractivity contribution in [3.8, 4) is 5.75 Å². The molecule has 2 N–H and O–H groups in total. The highest BCUT2D eigenvalue weighted by Crippen LogP contribution is 2.21. The quantitative estimate of drug-likeness (QED) is 0.735. The van der Waals surface area contributed by atoms with Crippen LogP contribution >= 0.6 is 0 Å². The molecule has 0 spiro atoms. The van der Waals surface area contributed by atoms with E-state index in [4.69, 9.17) is 4.74 Å². The Labute approximate surface area is 176 Å². The third-order valence-electron chi connectivity index (χ3n) is 5.02. The fourth-order valence-electron chi connectivity index (χ4n) is 3.41. The highest BCUT2D eigenvalue weighted by molar-refractivity contribution is 5.93. The first kappa shape index (κ1) is 21.4. The second kappa shape index (κ2) is 10.4. The molecule has 0 aromatic heterocycles. The number of rotatable bonds is 7. The van der Waals surface area contributed by atoms with Gasteiger partial charge in [-0.3, -0.25) is 14.4 Å². The maximum absolute atomic E-state index is 12.5. The Kier molecular flexibility index (Phi) is 7.43. The summed E-state index contributed by atoms with van der Waals surface area (Å²) in [6.07, 6.45) is 1.61. The molecule has 7 nitrogen and oxygen atoms in total. The molecule has 3 amide bonds. The number of amides is 3. The highest BCUT2D eigenvalue weighted by Gasteiger charge is 2.27. The molecule has 1 heterocycles. The standard InChI is InChI=1S/C23H27N3O4/c1-17(27)24-19-7-9-20(10-8-19)25-23(29)18-11-14-26(15-12-18)22(28)13-16-30-21-5-3-2-4-6-21/h2-10,18H,11-16H2,1H3,(H,24,27)(H,25,29). The molecule has 1 fully saturated rings. The molecular formula is C23H27N3O4. The number of ether oxygens (including phenoxy) is 1. The molecule has 0 bridgehead atoms. The van der Waals surface area contributed by atoms with E-state index in [2.05, 4.69) is 10.6 Å².